The number of carbonyl (C=O) groups excluding carboxylic acids is 2. The number of hydrogen-bond donors (Lipinski definition) is 1. The Morgan fingerprint density at radius 3 is 2.90 bits per heavy atom. The van der Waals surface area contributed by atoms with Gasteiger partial charge in [-0.05, 0) is 30.7 Å². The first-order chi connectivity index (χ1) is 15.1. The van der Waals surface area contributed by atoms with Crippen molar-refractivity contribution in [2.75, 3.05) is 25.2 Å². The standard InChI is InChI=1S/C22H22N4O5/c1-3-10-26-16-9-8-14(11-18(16)30-13-19(26)27)20-24-22(31-25-20)21(28)23-12-15-6-4-5-7-17(15)29-2/h4-9,11H,3,10,12-13H2,1-2H3,(H,23,28). The zero-order valence-electron chi connectivity index (χ0n) is 17.3. The van der Waals surface area contributed by atoms with Crippen LogP contribution in [0.3, 0.4) is 0 Å². The summed E-state index contributed by atoms with van der Waals surface area (Å²) >= 11 is 0. The number of nitrogens with one attached hydrogen (secondary N) is 1. The highest BCUT2D eigenvalue weighted by Crippen LogP contribution is 2.35. The predicted octanol–water partition coefficient (Wildman–Crippen LogP) is 2.81. The number of benzene rings is 2. The largest absolute Gasteiger partial charge is 0.496 e. The van der Waals surface area contributed by atoms with Crippen LogP contribution in [0, 0.1) is 0 Å². The summed E-state index contributed by atoms with van der Waals surface area (Å²) in [6.45, 7) is 2.87. The Morgan fingerprint density at radius 1 is 1.26 bits per heavy atom. The van der Waals surface area contributed by atoms with Gasteiger partial charge < -0.3 is 24.2 Å². The third kappa shape index (κ3) is 4.20. The minimum atomic E-state index is -0.487. The molecule has 0 bridgehead atoms. The molecule has 160 valence electrons. The van der Waals surface area contributed by atoms with E-state index in [0.29, 0.717) is 29.3 Å². The lowest BCUT2D eigenvalue weighted by Gasteiger charge is -2.29. The molecule has 0 saturated heterocycles. The number of ether oxygens (including phenoxy) is 2. The molecule has 0 atom stereocenters. The molecule has 0 fully saturated rings. The normalized spacial score (nSPS) is 12.8. The first kappa shape index (κ1) is 20.4. The van der Waals surface area contributed by atoms with Crippen LogP contribution in [0.15, 0.2) is 47.0 Å². The fourth-order valence-corrected chi connectivity index (χ4v) is 3.35. The lowest BCUT2D eigenvalue weighted by molar-refractivity contribution is -0.121. The van der Waals surface area contributed by atoms with E-state index >= 15 is 0 Å². The molecule has 0 spiro atoms. The predicted molar refractivity (Wildman–Crippen MR) is 112 cm³/mol. The number of rotatable bonds is 7. The van der Waals surface area contributed by atoms with Crippen molar-refractivity contribution in [2.45, 2.75) is 19.9 Å². The van der Waals surface area contributed by atoms with Crippen molar-refractivity contribution >= 4 is 17.5 Å². The van der Waals surface area contributed by atoms with Crippen molar-refractivity contribution in [2.24, 2.45) is 0 Å². The Bertz CT molecular complexity index is 1110. The molecule has 2 amide bonds. The fourth-order valence-electron chi connectivity index (χ4n) is 3.35. The van der Waals surface area contributed by atoms with Crippen molar-refractivity contribution in [1.82, 2.24) is 15.5 Å². The van der Waals surface area contributed by atoms with Gasteiger partial charge in [0.1, 0.15) is 11.5 Å². The number of hydrogen-bond acceptors (Lipinski definition) is 7. The summed E-state index contributed by atoms with van der Waals surface area (Å²) in [5.41, 5.74) is 2.16. The zero-order valence-corrected chi connectivity index (χ0v) is 17.3. The van der Waals surface area contributed by atoms with Crippen LogP contribution in [-0.4, -0.2) is 42.2 Å². The minimum absolute atomic E-state index is 0.0146. The average molecular weight is 422 g/mol. The van der Waals surface area contributed by atoms with Gasteiger partial charge in [0.25, 0.3) is 5.91 Å². The monoisotopic (exact) mass is 422 g/mol. The molecule has 1 aliphatic heterocycles. The molecule has 1 aliphatic rings. The van der Waals surface area contributed by atoms with Gasteiger partial charge in [-0.25, -0.2) is 0 Å². The van der Waals surface area contributed by atoms with Gasteiger partial charge in [-0.1, -0.05) is 30.3 Å². The van der Waals surface area contributed by atoms with E-state index in [-0.39, 0.29) is 30.8 Å². The summed E-state index contributed by atoms with van der Waals surface area (Å²) in [5, 5.41) is 6.65. The molecule has 0 radical (unpaired) electrons. The number of methoxy groups -OCH3 is 1. The number of amides is 2. The van der Waals surface area contributed by atoms with Crippen LogP contribution in [0.4, 0.5) is 5.69 Å². The second-order valence-electron chi connectivity index (χ2n) is 6.93. The van der Waals surface area contributed by atoms with E-state index in [2.05, 4.69) is 15.5 Å². The lowest BCUT2D eigenvalue weighted by atomic mass is 10.1. The van der Waals surface area contributed by atoms with Crippen LogP contribution in [0.2, 0.25) is 0 Å². The minimum Gasteiger partial charge on any atom is -0.496 e. The van der Waals surface area contributed by atoms with E-state index in [9.17, 15) is 9.59 Å². The maximum Gasteiger partial charge on any atom is 0.316 e. The van der Waals surface area contributed by atoms with E-state index in [1.165, 1.54) is 0 Å². The summed E-state index contributed by atoms with van der Waals surface area (Å²) < 4.78 is 16.0. The van der Waals surface area contributed by atoms with E-state index in [4.69, 9.17) is 14.0 Å². The van der Waals surface area contributed by atoms with Gasteiger partial charge in [0, 0.05) is 24.2 Å². The van der Waals surface area contributed by atoms with Crippen LogP contribution in [0.25, 0.3) is 11.4 Å². The summed E-state index contributed by atoms with van der Waals surface area (Å²) in [4.78, 5) is 30.4. The average Bonchev–Trinajstić information content (AvgIpc) is 3.30. The first-order valence-corrected chi connectivity index (χ1v) is 9.92. The molecule has 2 heterocycles. The highest BCUT2D eigenvalue weighted by molar-refractivity contribution is 5.98. The van der Waals surface area contributed by atoms with Crippen molar-refractivity contribution in [3.63, 3.8) is 0 Å². The maximum atomic E-state index is 12.4. The summed E-state index contributed by atoms with van der Waals surface area (Å²) in [5.74, 6) is 0.796. The Hall–Kier alpha value is -3.88. The third-order valence-electron chi connectivity index (χ3n) is 4.86. The highest BCUT2D eigenvalue weighted by atomic mass is 16.5. The van der Waals surface area contributed by atoms with E-state index in [0.717, 1.165) is 12.0 Å². The van der Waals surface area contributed by atoms with Gasteiger partial charge in [0.15, 0.2) is 6.61 Å². The lowest BCUT2D eigenvalue weighted by Crippen LogP contribution is -2.39. The number of fused-ring (bicyclic) bond motifs is 1. The SMILES string of the molecule is CCCN1C(=O)COc2cc(-c3noc(C(=O)NCc4ccccc4OC)n3)ccc21. The molecule has 1 N–H and O–H groups in total. The fraction of sp³-hybridized carbons (Fsp3) is 0.273. The quantitative estimate of drug-likeness (QED) is 0.624. The van der Waals surface area contributed by atoms with Gasteiger partial charge in [0.05, 0.1) is 12.8 Å². The zero-order chi connectivity index (χ0) is 21.8. The second kappa shape index (κ2) is 8.86. The van der Waals surface area contributed by atoms with Gasteiger partial charge in [-0.15, -0.1) is 0 Å². The first-order valence-electron chi connectivity index (χ1n) is 9.92. The number of carbonyl (C=O) groups is 2. The maximum absolute atomic E-state index is 12.4. The van der Waals surface area contributed by atoms with Crippen LogP contribution in [-0.2, 0) is 11.3 Å². The molecule has 3 aromatic rings. The van der Waals surface area contributed by atoms with Crippen molar-refractivity contribution in [3.05, 3.63) is 53.9 Å². The van der Waals surface area contributed by atoms with Gasteiger partial charge in [-0.2, -0.15) is 4.98 Å². The van der Waals surface area contributed by atoms with Crippen LogP contribution in [0.1, 0.15) is 29.6 Å². The van der Waals surface area contributed by atoms with Crippen molar-refractivity contribution < 1.29 is 23.6 Å². The highest BCUT2D eigenvalue weighted by Gasteiger charge is 2.26. The van der Waals surface area contributed by atoms with Crippen LogP contribution in [0.5, 0.6) is 11.5 Å². The number of aromatic nitrogens is 2. The van der Waals surface area contributed by atoms with Gasteiger partial charge in [-0.3, -0.25) is 9.59 Å². The smallest absolute Gasteiger partial charge is 0.316 e. The Morgan fingerprint density at radius 2 is 2.10 bits per heavy atom. The van der Waals surface area contributed by atoms with Crippen LogP contribution >= 0.6 is 0 Å². The second-order valence-corrected chi connectivity index (χ2v) is 6.93. The van der Waals surface area contributed by atoms with Crippen molar-refractivity contribution in [3.8, 4) is 22.9 Å². The molecule has 9 nitrogen and oxygen atoms in total. The van der Waals surface area contributed by atoms with Gasteiger partial charge in [0.2, 0.25) is 5.82 Å². The van der Waals surface area contributed by atoms with Crippen molar-refractivity contribution in [1.29, 1.82) is 0 Å². The molecule has 4 rings (SSSR count). The molecule has 2 aromatic carbocycles. The molecule has 0 unspecified atom stereocenters. The van der Waals surface area contributed by atoms with E-state index in [1.807, 2.05) is 31.2 Å². The number of anilines is 1. The number of nitrogens with zero attached hydrogens (tertiary/aromatic N) is 3. The molecule has 9 heteroatoms. The number of para-hydroxylation sites is 1. The van der Waals surface area contributed by atoms with Gasteiger partial charge >= 0.3 is 11.8 Å². The Kier molecular flexibility index (Phi) is 5.83. The van der Waals surface area contributed by atoms with E-state index in [1.54, 1.807) is 30.2 Å². The molecule has 0 saturated carbocycles. The third-order valence-corrected chi connectivity index (χ3v) is 4.86. The summed E-state index contributed by atoms with van der Waals surface area (Å²) in [7, 11) is 1.57. The molecule has 31 heavy (non-hydrogen) atoms. The topological polar surface area (TPSA) is 107 Å². The Balaban J connectivity index is 1.48. The molecular formula is C22H22N4O5. The Labute approximate surface area is 179 Å². The molecule has 0 aliphatic carbocycles. The summed E-state index contributed by atoms with van der Waals surface area (Å²) in [6.07, 6.45) is 0.838. The summed E-state index contributed by atoms with van der Waals surface area (Å²) in [6, 6.07) is 12.7. The van der Waals surface area contributed by atoms with Crippen LogP contribution < -0.4 is 19.7 Å². The molecular weight excluding hydrogens is 400 g/mol. The molecule has 1 aromatic heterocycles. The van der Waals surface area contributed by atoms with E-state index < -0.39 is 5.91 Å².